The predicted octanol–water partition coefficient (Wildman–Crippen LogP) is 1.93. The van der Waals surface area contributed by atoms with Gasteiger partial charge >= 0.3 is 0 Å². The summed E-state index contributed by atoms with van der Waals surface area (Å²) in [6, 6.07) is 9.55. The van der Waals surface area contributed by atoms with E-state index in [-0.39, 0.29) is 17.9 Å². The van der Waals surface area contributed by atoms with Crippen LogP contribution in [0.4, 0.5) is 5.82 Å². The Morgan fingerprint density at radius 1 is 1.19 bits per heavy atom. The Balaban J connectivity index is 1.74. The van der Waals surface area contributed by atoms with Gasteiger partial charge in [-0.15, -0.1) is 0 Å². The molecule has 1 aliphatic rings. The Morgan fingerprint density at radius 2 is 1.96 bits per heavy atom. The van der Waals surface area contributed by atoms with Crippen molar-refractivity contribution in [2.45, 2.75) is 26.3 Å². The quantitative estimate of drug-likeness (QED) is 0.877. The number of carbonyl (C=O) groups is 2. The third-order valence-corrected chi connectivity index (χ3v) is 4.13. The number of amides is 2. The maximum Gasteiger partial charge on any atom is 0.253 e. The summed E-state index contributed by atoms with van der Waals surface area (Å²) in [6.07, 6.45) is 1.87. The van der Waals surface area contributed by atoms with Crippen LogP contribution in [0.2, 0.25) is 0 Å². The molecule has 136 valence electrons. The average Bonchev–Trinajstić information content (AvgIpc) is 2.85. The van der Waals surface area contributed by atoms with E-state index in [1.54, 1.807) is 17.0 Å². The van der Waals surface area contributed by atoms with Crippen LogP contribution in [-0.4, -0.2) is 52.4 Å². The first kappa shape index (κ1) is 17.8. The van der Waals surface area contributed by atoms with Gasteiger partial charge in [0.1, 0.15) is 12.1 Å². The fraction of sp³-hybridized carbons (Fsp3) is 0.368. The molecule has 26 heavy (non-hydrogen) atoms. The molecule has 2 heterocycles. The zero-order valence-electron chi connectivity index (χ0n) is 15.0. The first-order chi connectivity index (χ1) is 12.5. The van der Waals surface area contributed by atoms with Gasteiger partial charge in [-0.2, -0.15) is 0 Å². The second kappa shape index (κ2) is 7.95. The summed E-state index contributed by atoms with van der Waals surface area (Å²) in [6.45, 7) is 5.57. The molecule has 0 atom stereocenters. The van der Waals surface area contributed by atoms with Gasteiger partial charge in [0.2, 0.25) is 5.91 Å². The standard InChI is InChI=1S/C19H23N5O2/c1-13(2)23-17-11-16(21-12-22-17)14-3-5-15(6-4-14)19(26)24-9-7-18(25)20-8-10-24/h3-6,11-13H,7-10H2,1-2H3,(H,20,25)(H,21,22,23). The van der Waals surface area contributed by atoms with Gasteiger partial charge in [-0.3, -0.25) is 9.59 Å². The molecule has 2 amide bonds. The largest absolute Gasteiger partial charge is 0.368 e. The Bertz CT molecular complexity index is 789. The summed E-state index contributed by atoms with van der Waals surface area (Å²) < 4.78 is 0. The van der Waals surface area contributed by atoms with Crippen LogP contribution in [0.5, 0.6) is 0 Å². The topological polar surface area (TPSA) is 87.2 Å². The van der Waals surface area contributed by atoms with Crippen molar-refractivity contribution < 1.29 is 9.59 Å². The first-order valence-electron chi connectivity index (χ1n) is 8.78. The van der Waals surface area contributed by atoms with Gasteiger partial charge < -0.3 is 15.5 Å². The van der Waals surface area contributed by atoms with Crippen LogP contribution in [0.3, 0.4) is 0 Å². The molecule has 0 unspecified atom stereocenters. The van der Waals surface area contributed by atoms with Crippen molar-refractivity contribution in [3.8, 4) is 11.3 Å². The Kier molecular flexibility index (Phi) is 5.46. The van der Waals surface area contributed by atoms with Crippen LogP contribution < -0.4 is 10.6 Å². The van der Waals surface area contributed by atoms with Crippen molar-refractivity contribution in [2.75, 3.05) is 25.0 Å². The van der Waals surface area contributed by atoms with E-state index >= 15 is 0 Å². The molecule has 2 N–H and O–H groups in total. The third-order valence-electron chi connectivity index (χ3n) is 4.13. The number of rotatable bonds is 4. The molecule has 1 aliphatic heterocycles. The average molecular weight is 353 g/mol. The lowest BCUT2D eigenvalue weighted by atomic mass is 10.1. The van der Waals surface area contributed by atoms with Gasteiger partial charge in [0.15, 0.2) is 0 Å². The van der Waals surface area contributed by atoms with Crippen molar-refractivity contribution in [1.82, 2.24) is 20.2 Å². The molecule has 1 fully saturated rings. The number of anilines is 1. The molecule has 7 nitrogen and oxygen atoms in total. The highest BCUT2D eigenvalue weighted by molar-refractivity contribution is 5.95. The molecule has 1 saturated heterocycles. The minimum atomic E-state index is -0.0575. The van der Waals surface area contributed by atoms with Crippen LogP contribution in [-0.2, 0) is 4.79 Å². The highest BCUT2D eigenvalue weighted by Gasteiger charge is 2.19. The predicted molar refractivity (Wildman–Crippen MR) is 99.8 cm³/mol. The van der Waals surface area contributed by atoms with Crippen molar-refractivity contribution >= 4 is 17.6 Å². The Hall–Kier alpha value is -2.96. The summed E-state index contributed by atoms with van der Waals surface area (Å²) in [5.74, 6) is 0.704. The SMILES string of the molecule is CC(C)Nc1cc(-c2ccc(C(=O)N3CCNC(=O)CC3)cc2)ncn1. The normalized spacial score (nSPS) is 14.7. The van der Waals surface area contributed by atoms with E-state index in [1.807, 2.05) is 32.0 Å². The molecule has 3 rings (SSSR count). The Morgan fingerprint density at radius 3 is 2.69 bits per heavy atom. The molecular weight excluding hydrogens is 330 g/mol. The van der Waals surface area contributed by atoms with Crippen LogP contribution in [0.1, 0.15) is 30.6 Å². The summed E-state index contributed by atoms with van der Waals surface area (Å²) in [5.41, 5.74) is 2.33. The molecule has 0 aliphatic carbocycles. The highest BCUT2D eigenvalue weighted by Crippen LogP contribution is 2.20. The third kappa shape index (κ3) is 4.36. The lowest BCUT2D eigenvalue weighted by molar-refractivity contribution is -0.120. The van der Waals surface area contributed by atoms with Crippen molar-refractivity contribution in [3.05, 3.63) is 42.2 Å². The number of benzene rings is 1. The van der Waals surface area contributed by atoms with E-state index in [0.717, 1.165) is 17.1 Å². The Labute approximate surface area is 152 Å². The molecule has 7 heteroatoms. The first-order valence-corrected chi connectivity index (χ1v) is 8.78. The van der Waals surface area contributed by atoms with Gasteiger partial charge in [0, 0.05) is 49.3 Å². The second-order valence-corrected chi connectivity index (χ2v) is 6.56. The smallest absolute Gasteiger partial charge is 0.253 e. The number of nitrogens with zero attached hydrogens (tertiary/aromatic N) is 3. The maximum absolute atomic E-state index is 12.6. The lowest BCUT2D eigenvalue weighted by Gasteiger charge is -2.19. The van der Waals surface area contributed by atoms with Gasteiger partial charge in [-0.1, -0.05) is 12.1 Å². The second-order valence-electron chi connectivity index (χ2n) is 6.56. The highest BCUT2D eigenvalue weighted by atomic mass is 16.2. The van der Waals surface area contributed by atoms with Gasteiger partial charge in [-0.25, -0.2) is 9.97 Å². The van der Waals surface area contributed by atoms with Crippen LogP contribution >= 0.6 is 0 Å². The molecule has 0 bridgehead atoms. The number of carbonyl (C=O) groups excluding carboxylic acids is 2. The van der Waals surface area contributed by atoms with E-state index in [4.69, 9.17) is 0 Å². The minimum Gasteiger partial charge on any atom is -0.368 e. The summed E-state index contributed by atoms with van der Waals surface area (Å²) >= 11 is 0. The van der Waals surface area contributed by atoms with Gasteiger partial charge in [0.05, 0.1) is 5.69 Å². The van der Waals surface area contributed by atoms with E-state index in [2.05, 4.69) is 20.6 Å². The summed E-state index contributed by atoms with van der Waals surface area (Å²) in [7, 11) is 0. The van der Waals surface area contributed by atoms with Gasteiger partial charge in [0.25, 0.3) is 5.91 Å². The van der Waals surface area contributed by atoms with Crippen molar-refractivity contribution in [1.29, 1.82) is 0 Å². The zero-order valence-corrected chi connectivity index (χ0v) is 15.0. The maximum atomic E-state index is 12.6. The van der Waals surface area contributed by atoms with E-state index in [9.17, 15) is 9.59 Å². The molecule has 0 saturated carbocycles. The minimum absolute atomic E-state index is 0.00905. The molecule has 0 radical (unpaired) electrons. The van der Waals surface area contributed by atoms with E-state index in [1.165, 1.54) is 6.33 Å². The van der Waals surface area contributed by atoms with Crippen LogP contribution in [0.25, 0.3) is 11.3 Å². The summed E-state index contributed by atoms with van der Waals surface area (Å²) in [4.78, 5) is 34.3. The number of hydrogen-bond acceptors (Lipinski definition) is 5. The fourth-order valence-corrected chi connectivity index (χ4v) is 2.83. The van der Waals surface area contributed by atoms with Crippen LogP contribution in [0.15, 0.2) is 36.7 Å². The lowest BCUT2D eigenvalue weighted by Crippen LogP contribution is -2.34. The number of hydrogen-bond donors (Lipinski definition) is 2. The fourth-order valence-electron chi connectivity index (χ4n) is 2.83. The number of aromatic nitrogens is 2. The van der Waals surface area contributed by atoms with E-state index in [0.29, 0.717) is 31.6 Å². The molecule has 1 aromatic carbocycles. The summed E-state index contributed by atoms with van der Waals surface area (Å²) in [5, 5.41) is 6.03. The number of nitrogens with one attached hydrogen (secondary N) is 2. The molecular formula is C19H23N5O2. The van der Waals surface area contributed by atoms with Crippen molar-refractivity contribution in [3.63, 3.8) is 0 Å². The van der Waals surface area contributed by atoms with Gasteiger partial charge in [-0.05, 0) is 26.0 Å². The van der Waals surface area contributed by atoms with Crippen molar-refractivity contribution in [2.24, 2.45) is 0 Å². The monoisotopic (exact) mass is 353 g/mol. The molecule has 1 aromatic heterocycles. The molecule has 2 aromatic rings. The van der Waals surface area contributed by atoms with Crippen LogP contribution in [0, 0.1) is 0 Å². The van der Waals surface area contributed by atoms with E-state index < -0.39 is 0 Å². The molecule has 0 spiro atoms. The zero-order chi connectivity index (χ0) is 18.5.